The van der Waals surface area contributed by atoms with Gasteiger partial charge in [-0.2, -0.15) is 5.10 Å². The van der Waals surface area contributed by atoms with Crippen molar-refractivity contribution in [1.29, 1.82) is 0 Å². The second-order valence-electron chi connectivity index (χ2n) is 10.1. The number of aryl methyl sites for hydroxylation is 1. The molecule has 0 saturated carbocycles. The van der Waals surface area contributed by atoms with Crippen molar-refractivity contribution in [3.8, 4) is 17.3 Å². The summed E-state index contributed by atoms with van der Waals surface area (Å²) in [6.07, 6.45) is 6.50. The van der Waals surface area contributed by atoms with Crippen molar-refractivity contribution < 1.29 is 14.3 Å². The van der Waals surface area contributed by atoms with E-state index in [1.165, 1.54) is 5.57 Å². The van der Waals surface area contributed by atoms with Crippen molar-refractivity contribution in [3.05, 3.63) is 52.5 Å². The number of nitrogens with zero attached hydrogens (tertiary/aromatic N) is 3. The summed E-state index contributed by atoms with van der Waals surface area (Å²) >= 11 is 0. The van der Waals surface area contributed by atoms with Crippen LogP contribution in [0.15, 0.2) is 30.0 Å². The Balaban J connectivity index is 1.21. The molecule has 9 heteroatoms. The topological polar surface area (TPSA) is 108 Å². The standard InChI is InChI=1S/C26H30N6O3/c1-26(2)13-17-4-3-5-18(23(17)35-26)25(33)30-21-14-27-31-22(21)24-28-19-7-6-16(12-20(19)29-24)15-32-8-10-34-11-9-32/h3-5,12,14H,6-11,13,15H2,1-2H3,(H,27,31)(H,28,29)(H,30,33). The van der Waals surface area contributed by atoms with Gasteiger partial charge in [0.1, 0.15) is 17.0 Å². The lowest BCUT2D eigenvalue weighted by Crippen LogP contribution is -2.37. The van der Waals surface area contributed by atoms with Gasteiger partial charge < -0.3 is 19.8 Å². The average molecular weight is 475 g/mol. The first-order valence-electron chi connectivity index (χ1n) is 12.2. The van der Waals surface area contributed by atoms with Gasteiger partial charge in [-0.25, -0.2) is 4.98 Å². The van der Waals surface area contributed by atoms with Crippen molar-refractivity contribution in [2.24, 2.45) is 0 Å². The molecule has 0 unspecified atom stereocenters. The predicted molar refractivity (Wildman–Crippen MR) is 133 cm³/mol. The fraction of sp³-hybridized carbons (Fsp3) is 0.423. The summed E-state index contributed by atoms with van der Waals surface area (Å²) in [5.41, 5.74) is 5.94. The summed E-state index contributed by atoms with van der Waals surface area (Å²) in [5.74, 6) is 1.10. The van der Waals surface area contributed by atoms with E-state index in [2.05, 4.69) is 31.5 Å². The smallest absolute Gasteiger partial charge is 0.259 e. The molecule has 1 aliphatic carbocycles. The van der Waals surface area contributed by atoms with Crippen LogP contribution in [0, 0.1) is 0 Å². The fourth-order valence-corrected chi connectivity index (χ4v) is 5.12. The summed E-state index contributed by atoms with van der Waals surface area (Å²) < 4.78 is 11.5. The molecule has 0 spiro atoms. The number of carbonyl (C=O) groups excluding carboxylic acids is 1. The van der Waals surface area contributed by atoms with Crippen LogP contribution in [0.25, 0.3) is 17.6 Å². The van der Waals surface area contributed by atoms with Crippen molar-refractivity contribution in [2.75, 3.05) is 38.2 Å². The maximum absolute atomic E-state index is 13.2. The summed E-state index contributed by atoms with van der Waals surface area (Å²) in [7, 11) is 0. The fourth-order valence-electron chi connectivity index (χ4n) is 5.12. The number of imidazole rings is 1. The van der Waals surface area contributed by atoms with E-state index >= 15 is 0 Å². The molecule has 3 N–H and O–H groups in total. The zero-order chi connectivity index (χ0) is 24.0. The van der Waals surface area contributed by atoms with Crippen LogP contribution < -0.4 is 10.1 Å². The molecule has 1 amide bonds. The lowest BCUT2D eigenvalue weighted by atomic mass is 9.99. The number of anilines is 1. The normalized spacial score (nSPS) is 19.0. The number of aromatic amines is 2. The van der Waals surface area contributed by atoms with Gasteiger partial charge in [0.15, 0.2) is 5.82 Å². The summed E-state index contributed by atoms with van der Waals surface area (Å²) in [6, 6.07) is 5.70. The van der Waals surface area contributed by atoms with Gasteiger partial charge in [0.2, 0.25) is 0 Å². The van der Waals surface area contributed by atoms with Gasteiger partial charge in [-0.15, -0.1) is 0 Å². The molecule has 6 rings (SSSR count). The molecule has 1 saturated heterocycles. The highest BCUT2D eigenvalue weighted by atomic mass is 16.5. The number of nitrogens with one attached hydrogen (secondary N) is 3. The van der Waals surface area contributed by atoms with Crippen LogP contribution in [0.4, 0.5) is 5.69 Å². The van der Waals surface area contributed by atoms with Gasteiger partial charge >= 0.3 is 0 Å². The van der Waals surface area contributed by atoms with Crippen molar-refractivity contribution in [3.63, 3.8) is 0 Å². The van der Waals surface area contributed by atoms with Crippen LogP contribution in [-0.4, -0.2) is 69.4 Å². The molecule has 1 fully saturated rings. The third-order valence-electron chi connectivity index (χ3n) is 6.84. The van der Waals surface area contributed by atoms with Gasteiger partial charge in [0.25, 0.3) is 5.91 Å². The number of hydrogen-bond acceptors (Lipinski definition) is 6. The molecule has 3 aromatic rings. The summed E-state index contributed by atoms with van der Waals surface area (Å²) in [5, 5.41) is 10.2. The maximum atomic E-state index is 13.2. The minimum absolute atomic E-state index is 0.230. The predicted octanol–water partition coefficient (Wildman–Crippen LogP) is 3.43. The lowest BCUT2D eigenvalue weighted by molar-refractivity contribution is 0.0420. The molecular weight excluding hydrogens is 444 g/mol. The summed E-state index contributed by atoms with van der Waals surface area (Å²) in [4.78, 5) is 23.9. The number of carbonyl (C=O) groups is 1. The van der Waals surface area contributed by atoms with Gasteiger partial charge in [0, 0.05) is 31.7 Å². The lowest BCUT2D eigenvalue weighted by Gasteiger charge is -2.28. The molecule has 2 aliphatic heterocycles. The average Bonchev–Trinajstić information content (AvgIpc) is 3.54. The molecule has 2 aromatic heterocycles. The van der Waals surface area contributed by atoms with Gasteiger partial charge in [0.05, 0.1) is 36.4 Å². The quantitative estimate of drug-likeness (QED) is 0.523. The number of aromatic nitrogens is 4. The molecule has 182 valence electrons. The minimum atomic E-state index is -0.319. The number of para-hydroxylation sites is 1. The first-order valence-corrected chi connectivity index (χ1v) is 12.2. The second-order valence-corrected chi connectivity index (χ2v) is 10.1. The number of amides is 1. The number of ether oxygens (including phenoxy) is 2. The van der Waals surface area contributed by atoms with E-state index in [1.807, 2.05) is 26.0 Å². The molecule has 4 heterocycles. The van der Waals surface area contributed by atoms with Crippen LogP contribution in [0.2, 0.25) is 0 Å². The van der Waals surface area contributed by atoms with E-state index in [0.717, 1.165) is 69.1 Å². The molecule has 9 nitrogen and oxygen atoms in total. The number of rotatable bonds is 5. The van der Waals surface area contributed by atoms with Crippen molar-refractivity contribution in [2.45, 2.75) is 38.7 Å². The highest BCUT2D eigenvalue weighted by molar-refractivity contribution is 6.07. The highest BCUT2D eigenvalue weighted by Crippen LogP contribution is 2.38. The van der Waals surface area contributed by atoms with E-state index in [-0.39, 0.29) is 11.5 Å². The van der Waals surface area contributed by atoms with Crippen molar-refractivity contribution >= 4 is 17.7 Å². The molecule has 1 aromatic carbocycles. The number of H-pyrrole nitrogens is 2. The van der Waals surface area contributed by atoms with Crippen LogP contribution in [-0.2, 0) is 17.6 Å². The molecule has 0 atom stereocenters. The van der Waals surface area contributed by atoms with Crippen LogP contribution >= 0.6 is 0 Å². The molecule has 0 radical (unpaired) electrons. The Labute approximate surface area is 203 Å². The molecule has 3 aliphatic rings. The first-order chi connectivity index (χ1) is 16.9. The van der Waals surface area contributed by atoms with E-state index in [9.17, 15) is 4.79 Å². The number of morpholine rings is 1. The Morgan fingerprint density at radius 2 is 2.09 bits per heavy atom. The Hall–Kier alpha value is -3.43. The van der Waals surface area contributed by atoms with Crippen LogP contribution in [0.5, 0.6) is 5.75 Å². The van der Waals surface area contributed by atoms with Crippen molar-refractivity contribution in [1.82, 2.24) is 25.1 Å². The number of benzene rings is 1. The van der Waals surface area contributed by atoms with Crippen LogP contribution in [0.1, 0.15) is 47.6 Å². The number of hydrogen-bond donors (Lipinski definition) is 3. The zero-order valence-corrected chi connectivity index (χ0v) is 20.1. The monoisotopic (exact) mass is 474 g/mol. The second kappa shape index (κ2) is 8.66. The van der Waals surface area contributed by atoms with E-state index < -0.39 is 0 Å². The highest BCUT2D eigenvalue weighted by Gasteiger charge is 2.33. The van der Waals surface area contributed by atoms with E-state index in [4.69, 9.17) is 14.5 Å². The van der Waals surface area contributed by atoms with Crippen LogP contribution in [0.3, 0.4) is 0 Å². The van der Waals surface area contributed by atoms with Gasteiger partial charge in [-0.3, -0.25) is 14.8 Å². The third-order valence-corrected chi connectivity index (χ3v) is 6.84. The first kappa shape index (κ1) is 22.1. The molecule has 0 bridgehead atoms. The third kappa shape index (κ3) is 4.37. The SMILES string of the molecule is CC1(C)Cc2cccc(C(=O)Nc3cn[nH]c3-c3nc4c([nH]3)CCC(CN3CCOCC3)=C4)c2O1. The largest absolute Gasteiger partial charge is 0.486 e. The molecular formula is C26H30N6O3. The zero-order valence-electron chi connectivity index (χ0n) is 20.1. The Morgan fingerprint density at radius 1 is 1.23 bits per heavy atom. The minimum Gasteiger partial charge on any atom is -0.486 e. The Morgan fingerprint density at radius 3 is 2.94 bits per heavy atom. The van der Waals surface area contributed by atoms with Gasteiger partial charge in [-0.1, -0.05) is 17.7 Å². The number of fused-ring (bicyclic) bond motifs is 2. The molecule has 35 heavy (non-hydrogen) atoms. The van der Waals surface area contributed by atoms with E-state index in [1.54, 1.807) is 12.3 Å². The Kier molecular flexibility index (Phi) is 5.46. The van der Waals surface area contributed by atoms with Gasteiger partial charge in [-0.05, 0) is 44.4 Å². The summed E-state index contributed by atoms with van der Waals surface area (Å²) in [6.45, 7) is 8.56. The van der Waals surface area contributed by atoms with E-state index in [0.29, 0.717) is 28.5 Å². The Bertz CT molecular complexity index is 1300. The maximum Gasteiger partial charge on any atom is 0.259 e.